The molecule has 1 aromatic carbocycles. The lowest BCUT2D eigenvalue weighted by molar-refractivity contribution is 0.433. The fourth-order valence-corrected chi connectivity index (χ4v) is 2.96. The van der Waals surface area contributed by atoms with Crippen LogP contribution in [0.2, 0.25) is 5.02 Å². The first-order valence-electron chi connectivity index (χ1n) is 7.43. The van der Waals surface area contributed by atoms with Crippen LogP contribution < -0.4 is 5.32 Å². The molecule has 1 atom stereocenters. The molecule has 1 N–H and O–H groups in total. The highest BCUT2D eigenvalue weighted by atomic mass is 35.5. The van der Waals surface area contributed by atoms with E-state index in [0.717, 1.165) is 29.7 Å². The number of hydrogen-bond acceptors (Lipinski definition) is 3. The molecule has 1 heterocycles. The molecule has 1 aromatic heterocycles. The Bertz CT molecular complexity index is 734. The number of pyridine rings is 1. The Morgan fingerprint density at radius 2 is 2.14 bits per heavy atom. The van der Waals surface area contributed by atoms with E-state index in [1.54, 1.807) is 0 Å². The van der Waals surface area contributed by atoms with Crippen LogP contribution in [0.25, 0.3) is 10.9 Å². The Labute approximate surface area is 136 Å². The molecule has 0 bridgehead atoms. The smallest absolute Gasteiger partial charge is 0.0737 e. The first kappa shape index (κ1) is 15.1. The maximum absolute atomic E-state index is 6.04. The minimum atomic E-state index is 0.443. The van der Waals surface area contributed by atoms with Gasteiger partial charge in [-0.3, -0.25) is 4.98 Å². The molecular formula is C18H20ClN3. The number of halogens is 1. The standard InChI is InChI=1S/C18H20ClN3/c1-22(2)12-14-5-3-4-13(14)11-21-17-8-9-20-18-10-15(19)6-7-16(17)18/h3-10,13H,11-12H2,1-2H3,(H,20,21). The predicted octanol–water partition coefficient (Wildman–Crippen LogP) is 3.97. The summed E-state index contributed by atoms with van der Waals surface area (Å²) in [6.07, 6.45) is 8.44. The summed E-state index contributed by atoms with van der Waals surface area (Å²) in [5, 5.41) is 5.38. The van der Waals surface area contributed by atoms with Crippen molar-refractivity contribution in [3.8, 4) is 0 Å². The molecule has 0 saturated carbocycles. The van der Waals surface area contributed by atoms with Crippen molar-refractivity contribution in [1.29, 1.82) is 0 Å². The van der Waals surface area contributed by atoms with Gasteiger partial charge in [-0.1, -0.05) is 29.8 Å². The van der Waals surface area contributed by atoms with Crippen molar-refractivity contribution in [1.82, 2.24) is 9.88 Å². The van der Waals surface area contributed by atoms with Crippen LogP contribution in [0.1, 0.15) is 0 Å². The molecule has 114 valence electrons. The predicted molar refractivity (Wildman–Crippen MR) is 94.5 cm³/mol. The fraction of sp³-hybridized carbons (Fsp3) is 0.278. The molecule has 1 aliphatic carbocycles. The number of allylic oxidation sites excluding steroid dienone is 2. The highest BCUT2D eigenvalue weighted by Gasteiger charge is 2.15. The topological polar surface area (TPSA) is 28.2 Å². The van der Waals surface area contributed by atoms with Crippen LogP contribution in [0.15, 0.2) is 54.3 Å². The maximum atomic E-state index is 6.04. The third kappa shape index (κ3) is 3.32. The molecule has 22 heavy (non-hydrogen) atoms. The average molecular weight is 314 g/mol. The summed E-state index contributed by atoms with van der Waals surface area (Å²) in [5.41, 5.74) is 3.47. The van der Waals surface area contributed by atoms with Gasteiger partial charge in [0.05, 0.1) is 5.52 Å². The Morgan fingerprint density at radius 1 is 1.27 bits per heavy atom. The van der Waals surface area contributed by atoms with Gasteiger partial charge >= 0.3 is 0 Å². The van der Waals surface area contributed by atoms with Gasteiger partial charge in [-0.2, -0.15) is 0 Å². The van der Waals surface area contributed by atoms with Gasteiger partial charge in [0.2, 0.25) is 0 Å². The van der Waals surface area contributed by atoms with Crippen molar-refractivity contribution in [3.63, 3.8) is 0 Å². The van der Waals surface area contributed by atoms with Gasteiger partial charge < -0.3 is 10.2 Å². The lowest BCUT2D eigenvalue weighted by Crippen LogP contribution is -2.22. The highest BCUT2D eigenvalue weighted by molar-refractivity contribution is 6.31. The van der Waals surface area contributed by atoms with Crippen molar-refractivity contribution in [2.24, 2.45) is 5.92 Å². The monoisotopic (exact) mass is 313 g/mol. The molecule has 1 unspecified atom stereocenters. The SMILES string of the molecule is CN(C)CC1=CC=CC1CNc1ccnc2cc(Cl)ccc12. The molecule has 0 aliphatic heterocycles. The molecule has 0 amide bonds. The van der Waals surface area contributed by atoms with Gasteiger partial charge in [-0.15, -0.1) is 0 Å². The lowest BCUT2D eigenvalue weighted by Gasteiger charge is -2.19. The zero-order valence-corrected chi connectivity index (χ0v) is 13.6. The zero-order valence-electron chi connectivity index (χ0n) is 12.9. The second kappa shape index (κ2) is 6.51. The Balaban J connectivity index is 1.74. The van der Waals surface area contributed by atoms with E-state index in [2.05, 4.69) is 47.5 Å². The number of rotatable bonds is 5. The zero-order chi connectivity index (χ0) is 15.5. The van der Waals surface area contributed by atoms with Crippen molar-refractivity contribution in [2.75, 3.05) is 32.5 Å². The number of benzene rings is 1. The van der Waals surface area contributed by atoms with Gasteiger partial charge in [0.15, 0.2) is 0 Å². The first-order valence-corrected chi connectivity index (χ1v) is 7.81. The number of fused-ring (bicyclic) bond motifs is 1. The number of hydrogen-bond donors (Lipinski definition) is 1. The fourth-order valence-electron chi connectivity index (χ4n) is 2.79. The lowest BCUT2D eigenvalue weighted by atomic mass is 10.0. The third-order valence-corrected chi connectivity index (χ3v) is 4.08. The summed E-state index contributed by atoms with van der Waals surface area (Å²) in [6, 6.07) is 7.84. The molecule has 3 nitrogen and oxygen atoms in total. The molecule has 0 fully saturated rings. The summed E-state index contributed by atoms with van der Waals surface area (Å²) in [5.74, 6) is 0.443. The van der Waals surface area contributed by atoms with Gasteiger partial charge in [-0.05, 0) is 43.9 Å². The van der Waals surface area contributed by atoms with E-state index in [0.29, 0.717) is 10.9 Å². The van der Waals surface area contributed by atoms with Crippen LogP contribution in [-0.2, 0) is 0 Å². The van der Waals surface area contributed by atoms with E-state index in [1.807, 2.05) is 30.5 Å². The van der Waals surface area contributed by atoms with Crippen LogP contribution in [-0.4, -0.2) is 37.1 Å². The van der Waals surface area contributed by atoms with Gasteiger partial charge in [0, 0.05) is 41.3 Å². The van der Waals surface area contributed by atoms with Crippen LogP contribution >= 0.6 is 11.6 Å². The number of likely N-dealkylation sites (N-methyl/N-ethyl adjacent to an activating group) is 1. The van der Waals surface area contributed by atoms with Crippen LogP contribution in [0.4, 0.5) is 5.69 Å². The van der Waals surface area contributed by atoms with E-state index < -0.39 is 0 Å². The molecule has 1 aliphatic rings. The maximum Gasteiger partial charge on any atom is 0.0737 e. The third-order valence-electron chi connectivity index (χ3n) is 3.85. The molecule has 0 radical (unpaired) electrons. The second-order valence-electron chi connectivity index (χ2n) is 5.87. The molecule has 0 spiro atoms. The second-order valence-corrected chi connectivity index (χ2v) is 6.31. The number of aromatic nitrogens is 1. The van der Waals surface area contributed by atoms with Crippen LogP contribution in [0.5, 0.6) is 0 Å². The quantitative estimate of drug-likeness (QED) is 0.905. The van der Waals surface area contributed by atoms with E-state index in [9.17, 15) is 0 Å². The largest absolute Gasteiger partial charge is 0.384 e. The molecule has 3 rings (SSSR count). The van der Waals surface area contributed by atoms with Crippen LogP contribution in [0, 0.1) is 5.92 Å². The van der Waals surface area contributed by atoms with Gasteiger partial charge in [-0.25, -0.2) is 0 Å². The minimum absolute atomic E-state index is 0.443. The Hall–Kier alpha value is -1.84. The van der Waals surface area contributed by atoms with Crippen molar-refractivity contribution < 1.29 is 0 Å². The molecule has 4 heteroatoms. The summed E-state index contributed by atoms with van der Waals surface area (Å²) < 4.78 is 0. The van der Waals surface area contributed by atoms with Crippen molar-refractivity contribution in [2.45, 2.75) is 0 Å². The van der Waals surface area contributed by atoms with Gasteiger partial charge in [0.1, 0.15) is 0 Å². The van der Waals surface area contributed by atoms with Crippen molar-refractivity contribution in [3.05, 3.63) is 59.3 Å². The molecular weight excluding hydrogens is 294 g/mol. The van der Waals surface area contributed by atoms with Crippen LogP contribution in [0.3, 0.4) is 0 Å². The number of nitrogens with zero attached hydrogens (tertiary/aromatic N) is 2. The first-order chi connectivity index (χ1) is 10.6. The number of nitrogens with one attached hydrogen (secondary N) is 1. The summed E-state index contributed by atoms with van der Waals surface area (Å²) in [6.45, 7) is 1.88. The molecule has 0 saturated heterocycles. The highest BCUT2D eigenvalue weighted by Crippen LogP contribution is 2.26. The number of anilines is 1. The molecule has 2 aromatic rings. The minimum Gasteiger partial charge on any atom is -0.384 e. The Morgan fingerprint density at radius 3 is 2.95 bits per heavy atom. The summed E-state index contributed by atoms with van der Waals surface area (Å²) >= 11 is 6.04. The normalized spacial score (nSPS) is 17.3. The van der Waals surface area contributed by atoms with E-state index in [4.69, 9.17) is 11.6 Å². The summed E-state index contributed by atoms with van der Waals surface area (Å²) in [4.78, 5) is 6.58. The van der Waals surface area contributed by atoms with Gasteiger partial charge in [0.25, 0.3) is 0 Å². The summed E-state index contributed by atoms with van der Waals surface area (Å²) in [7, 11) is 4.20. The average Bonchev–Trinajstić information content (AvgIpc) is 2.91. The van der Waals surface area contributed by atoms with E-state index in [-0.39, 0.29) is 0 Å². The van der Waals surface area contributed by atoms with E-state index in [1.165, 1.54) is 5.57 Å². The Kier molecular flexibility index (Phi) is 4.46. The van der Waals surface area contributed by atoms with E-state index >= 15 is 0 Å². The van der Waals surface area contributed by atoms with Crippen molar-refractivity contribution >= 4 is 28.2 Å².